The van der Waals surface area contributed by atoms with Gasteiger partial charge in [0, 0.05) is 12.2 Å². The molecule has 0 aliphatic heterocycles. The summed E-state index contributed by atoms with van der Waals surface area (Å²) in [4.78, 5) is 23.3. The molecule has 24 heavy (non-hydrogen) atoms. The van der Waals surface area contributed by atoms with Gasteiger partial charge in [-0.1, -0.05) is 47.5 Å². The first-order chi connectivity index (χ1) is 11.5. The maximum Gasteiger partial charge on any atom is 0.319 e. The lowest BCUT2D eigenvalue weighted by Crippen LogP contribution is -2.30. The first-order valence-electron chi connectivity index (χ1n) is 7.24. The Hall–Kier alpha value is -2.24. The van der Waals surface area contributed by atoms with Crippen LogP contribution in [0.1, 0.15) is 12.0 Å². The summed E-state index contributed by atoms with van der Waals surface area (Å²) in [6, 6.07) is 13.7. The van der Waals surface area contributed by atoms with Crippen molar-refractivity contribution in [2.24, 2.45) is 0 Å². The molecule has 7 heteroatoms. The molecule has 0 aliphatic rings. The number of carbonyl (C=O) groups excluding carboxylic acids is 2. The van der Waals surface area contributed by atoms with E-state index in [0.29, 0.717) is 15.7 Å². The van der Waals surface area contributed by atoms with E-state index in [0.717, 1.165) is 5.56 Å². The van der Waals surface area contributed by atoms with E-state index in [1.807, 2.05) is 18.2 Å². The van der Waals surface area contributed by atoms with Crippen LogP contribution in [0.15, 0.2) is 48.5 Å². The molecule has 2 rings (SSSR count). The van der Waals surface area contributed by atoms with Gasteiger partial charge in [0.2, 0.25) is 0 Å². The number of nitrogens with one attached hydrogen (secondary N) is 2. The number of carbonyl (C=O) groups is 2. The van der Waals surface area contributed by atoms with Crippen molar-refractivity contribution in [1.82, 2.24) is 5.32 Å². The molecular formula is C17H16Cl2N2O3. The highest BCUT2D eigenvalue weighted by Gasteiger charge is 2.07. The van der Waals surface area contributed by atoms with E-state index in [4.69, 9.17) is 27.9 Å². The van der Waals surface area contributed by atoms with E-state index < -0.39 is 5.97 Å². The van der Waals surface area contributed by atoms with Gasteiger partial charge < -0.3 is 15.4 Å². The molecule has 0 atom stereocenters. The summed E-state index contributed by atoms with van der Waals surface area (Å²) in [6.45, 7) is 0.283. The Balaban J connectivity index is 1.66. The number of hydrogen-bond acceptors (Lipinski definition) is 3. The van der Waals surface area contributed by atoms with E-state index in [2.05, 4.69) is 10.6 Å². The van der Waals surface area contributed by atoms with Crippen molar-refractivity contribution in [3.8, 4) is 0 Å². The van der Waals surface area contributed by atoms with Crippen LogP contribution in [0.4, 0.5) is 10.5 Å². The summed E-state index contributed by atoms with van der Waals surface area (Å²) < 4.78 is 5.11. The van der Waals surface area contributed by atoms with Crippen LogP contribution in [-0.4, -0.2) is 18.5 Å². The minimum atomic E-state index is -0.416. The zero-order valence-corrected chi connectivity index (χ0v) is 14.2. The highest BCUT2D eigenvalue weighted by Crippen LogP contribution is 2.22. The standard InChI is InChI=1S/C17H16Cl2N2O3/c18-14-7-6-12(10-15(14)19)11-24-16(22)8-9-20-17(23)21-13-4-2-1-3-5-13/h1-7,10H,8-9,11H2,(H2,20,21,23). The third kappa shape index (κ3) is 6.10. The average molecular weight is 367 g/mol. The molecule has 2 amide bonds. The summed E-state index contributed by atoms with van der Waals surface area (Å²) in [7, 11) is 0. The first-order valence-corrected chi connectivity index (χ1v) is 7.99. The third-order valence-electron chi connectivity index (χ3n) is 3.03. The number of urea groups is 1. The number of para-hydroxylation sites is 1. The number of benzene rings is 2. The monoisotopic (exact) mass is 366 g/mol. The van der Waals surface area contributed by atoms with Gasteiger partial charge in [0.1, 0.15) is 6.61 Å². The maximum absolute atomic E-state index is 11.7. The Morgan fingerprint density at radius 1 is 1.00 bits per heavy atom. The smallest absolute Gasteiger partial charge is 0.319 e. The van der Waals surface area contributed by atoms with Crippen LogP contribution in [0.5, 0.6) is 0 Å². The maximum atomic E-state index is 11.7. The van der Waals surface area contributed by atoms with Crippen molar-refractivity contribution in [2.75, 3.05) is 11.9 Å². The zero-order chi connectivity index (χ0) is 17.4. The molecule has 0 saturated carbocycles. The van der Waals surface area contributed by atoms with Crippen LogP contribution in [0.3, 0.4) is 0 Å². The number of halogens is 2. The molecular weight excluding hydrogens is 351 g/mol. The van der Waals surface area contributed by atoms with E-state index in [1.165, 1.54) is 0 Å². The second-order valence-corrected chi connectivity index (χ2v) is 5.72. The van der Waals surface area contributed by atoms with Crippen molar-refractivity contribution >= 4 is 40.9 Å². The molecule has 0 radical (unpaired) electrons. The van der Waals surface area contributed by atoms with Gasteiger partial charge in [0.05, 0.1) is 16.5 Å². The number of anilines is 1. The third-order valence-corrected chi connectivity index (χ3v) is 3.77. The summed E-state index contributed by atoms with van der Waals surface area (Å²) in [5.41, 5.74) is 1.42. The Labute approximate surface area is 149 Å². The topological polar surface area (TPSA) is 67.4 Å². The number of ether oxygens (including phenoxy) is 1. The van der Waals surface area contributed by atoms with Gasteiger partial charge in [-0.15, -0.1) is 0 Å². The van der Waals surface area contributed by atoms with Gasteiger partial charge in [0.15, 0.2) is 0 Å². The molecule has 5 nitrogen and oxygen atoms in total. The number of rotatable bonds is 6. The lowest BCUT2D eigenvalue weighted by atomic mass is 10.2. The zero-order valence-electron chi connectivity index (χ0n) is 12.7. The molecule has 0 aromatic heterocycles. The fourth-order valence-electron chi connectivity index (χ4n) is 1.84. The van der Waals surface area contributed by atoms with Crippen LogP contribution in [-0.2, 0) is 16.1 Å². The predicted octanol–water partition coefficient (Wildman–Crippen LogP) is 4.25. The van der Waals surface area contributed by atoms with E-state index >= 15 is 0 Å². The van der Waals surface area contributed by atoms with Gasteiger partial charge in [-0.25, -0.2) is 4.79 Å². The van der Waals surface area contributed by atoms with E-state index in [-0.39, 0.29) is 25.6 Å². The summed E-state index contributed by atoms with van der Waals surface area (Å²) in [5.74, 6) is -0.416. The van der Waals surface area contributed by atoms with E-state index in [9.17, 15) is 9.59 Å². The molecule has 2 N–H and O–H groups in total. The minimum absolute atomic E-state index is 0.0729. The van der Waals surface area contributed by atoms with Gasteiger partial charge in [0.25, 0.3) is 0 Å². The fraction of sp³-hybridized carbons (Fsp3) is 0.176. The van der Waals surface area contributed by atoms with Crippen LogP contribution >= 0.6 is 23.2 Å². The second kappa shape index (κ2) is 9.15. The lowest BCUT2D eigenvalue weighted by Gasteiger charge is -2.08. The van der Waals surface area contributed by atoms with Crippen LogP contribution in [0.25, 0.3) is 0 Å². The molecule has 0 saturated heterocycles. The summed E-state index contributed by atoms with van der Waals surface area (Å²) in [5, 5.41) is 6.09. The first kappa shape index (κ1) is 18.1. The number of amides is 2. The SMILES string of the molecule is O=C(NCCC(=O)OCc1ccc(Cl)c(Cl)c1)Nc1ccccc1. The van der Waals surface area contributed by atoms with Gasteiger partial charge in [-0.2, -0.15) is 0 Å². The van der Waals surface area contributed by atoms with Crippen LogP contribution in [0, 0.1) is 0 Å². The molecule has 2 aromatic carbocycles. The predicted molar refractivity (Wildman–Crippen MR) is 94.3 cm³/mol. The fourth-order valence-corrected chi connectivity index (χ4v) is 2.16. The van der Waals surface area contributed by atoms with Crippen molar-refractivity contribution < 1.29 is 14.3 Å². The average Bonchev–Trinajstić information content (AvgIpc) is 2.57. The number of hydrogen-bond donors (Lipinski definition) is 2. The van der Waals surface area contributed by atoms with Crippen LogP contribution < -0.4 is 10.6 Å². The van der Waals surface area contributed by atoms with Crippen molar-refractivity contribution in [3.05, 3.63) is 64.1 Å². The quantitative estimate of drug-likeness (QED) is 0.750. The Kier molecular flexibility index (Phi) is 6.90. The molecule has 0 fully saturated rings. The van der Waals surface area contributed by atoms with Crippen LogP contribution in [0.2, 0.25) is 10.0 Å². The van der Waals surface area contributed by atoms with Gasteiger partial charge in [-0.3, -0.25) is 4.79 Å². The summed E-state index contributed by atoms with van der Waals surface area (Å²) >= 11 is 11.7. The lowest BCUT2D eigenvalue weighted by molar-refractivity contribution is -0.144. The molecule has 126 valence electrons. The van der Waals surface area contributed by atoms with Crippen molar-refractivity contribution in [2.45, 2.75) is 13.0 Å². The Morgan fingerprint density at radius 2 is 1.75 bits per heavy atom. The normalized spacial score (nSPS) is 10.1. The van der Waals surface area contributed by atoms with Crippen molar-refractivity contribution in [3.63, 3.8) is 0 Å². The van der Waals surface area contributed by atoms with Gasteiger partial charge in [-0.05, 0) is 29.8 Å². The van der Waals surface area contributed by atoms with Gasteiger partial charge >= 0.3 is 12.0 Å². The Morgan fingerprint density at radius 3 is 2.46 bits per heavy atom. The summed E-state index contributed by atoms with van der Waals surface area (Å²) in [6.07, 6.45) is 0.0729. The van der Waals surface area contributed by atoms with Crippen molar-refractivity contribution in [1.29, 1.82) is 0 Å². The Bertz CT molecular complexity index is 708. The highest BCUT2D eigenvalue weighted by atomic mass is 35.5. The molecule has 0 aliphatic carbocycles. The molecule has 2 aromatic rings. The second-order valence-electron chi connectivity index (χ2n) is 4.91. The molecule has 0 unspecified atom stereocenters. The molecule has 0 bridgehead atoms. The highest BCUT2D eigenvalue weighted by molar-refractivity contribution is 6.42. The molecule has 0 heterocycles. The van der Waals surface area contributed by atoms with E-state index in [1.54, 1.807) is 30.3 Å². The minimum Gasteiger partial charge on any atom is -0.461 e. The largest absolute Gasteiger partial charge is 0.461 e. The number of esters is 1. The molecule has 0 spiro atoms.